The van der Waals surface area contributed by atoms with Gasteiger partial charge in [0.1, 0.15) is 0 Å². The Bertz CT molecular complexity index is 296. The minimum absolute atomic E-state index is 0.265. The van der Waals surface area contributed by atoms with Crippen LogP contribution in [0.3, 0.4) is 0 Å². The molecule has 3 rings (SSSR count). The monoisotopic (exact) mass is 174 g/mol. The van der Waals surface area contributed by atoms with Gasteiger partial charge in [-0.15, -0.1) is 0 Å². The lowest BCUT2D eigenvalue weighted by Gasteiger charge is -2.09. The fourth-order valence-electron chi connectivity index (χ4n) is 2.13. The van der Waals surface area contributed by atoms with E-state index in [1.165, 1.54) is 18.4 Å². The van der Waals surface area contributed by atoms with Gasteiger partial charge in [0.05, 0.1) is 12.2 Å². The Balaban J connectivity index is 1.75. The molecular weight excluding hydrogens is 160 g/mol. The average Bonchev–Trinajstić information content (AvgIpc) is 3.00. The number of rotatable bonds is 3. The fraction of sp³-hybridized carbons (Fsp3) is 0.500. The van der Waals surface area contributed by atoms with Crippen molar-refractivity contribution in [2.75, 3.05) is 6.61 Å². The van der Waals surface area contributed by atoms with Crippen molar-refractivity contribution in [3.05, 3.63) is 35.9 Å². The van der Waals surface area contributed by atoms with E-state index in [0.29, 0.717) is 0 Å². The summed E-state index contributed by atoms with van der Waals surface area (Å²) in [6.45, 7) is 0.993. The van der Waals surface area contributed by atoms with Gasteiger partial charge in [-0.3, -0.25) is 0 Å². The van der Waals surface area contributed by atoms with E-state index in [0.717, 1.165) is 18.9 Å². The molecule has 1 atom stereocenters. The zero-order valence-corrected chi connectivity index (χ0v) is 7.70. The maximum absolute atomic E-state index is 5.62. The van der Waals surface area contributed by atoms with Gasteiger partial charge in [-0.2, -0.15) is 0 Å². The van der Waals surface area contributed by atoms with Crippen molar-refractivity contribution in [1.82, 2.24) is 0 Å². The van der Waals surface area contributed by atoms with Crippen LogP contribution in [-0.2, 0) is 11.2 Å². The van der Waals surface area contributed by atoms with Crippen LogP contribution < -0.4 is 0 Å². The normalized spacial score (nSPS) is 31.7. The predicted octanol–water partition coefficient (Wildman–Crippen LogP) is 2.41. The van der Waals surface area contributed by atoms with E-state index in [4.69, 9.17) is 4.74 Å². The Morgan fingerprint density at radius 2 is 1.92 bits per heavy atom. The van der Waals surface area contributed by atoms with Gasteiger partial charge in [-0.1, -0.05) is 30.3 Å². The van der Waals surface area contributed by atoms with Gasteiger partial charge in [0.25, 0.3) is 0 Å². The van der Waals surface area contributed by atoms with Crippen LogP contribution in [0.2, 0.25) is 0 Å². The molecule has 1 saturated heterocycles. The third-order valence-electron chi connectivity index (χ3n) is 3.18. The minimum Gasteiger partial charge on any atom is -0.369 e. The van der Waals surface area contributed by atoms with Crippen molar-refractivity contribution in [2.45, 2.75) is 24.9 Å². The fourth-order valence-corrected chi connectivity index (χ4v) is 2.13. The molecule has 0 aromatic heterocycles. The van der Waals surface area contributed by atoms with Gasteiger partial charge >= 0.3 is 0 Å². The molecule has 1 aliphatic heterocycles. The lowest BCUT2D eigenvalue weighted by Crippen LogP contribution is -2.17. The largest absolute Gasteiger partial charge is 0.369 e. The summed E-state index contributed by atoms with van der Waals surface area (Å²) in [6.07, 6.45) is 3.89. The summed E-state index contributed by atoms with van der Waals surface area (Å²) in [4.78, 5) is 0. The zero-order chi connectivity index (χ0) is 8.73. The topological polar surface area (TPSA) is 12.5 Å². The molecule has 0 spiro atoms. The second kappa shape index (κ2) is 2.58. The molecule has 1 unspecified atom stereocenters. The predicted molar refractivity (Wildman–Crippen MR) is 51.6 cm³/mol. The molecule has 13 heavy (non-hydrogen) atoms. The molecule has 68 valence electrons. The summed E-state index contributed by atoms with van der Waals surface area (Å²) in [5, 5.41) is 0. The SMILES string of the molecule is c1ccc(CC2(C3CC3)CO2)cc1. The molecule has 0 N–H and O–H groups in total. The van der Waals surface area contributed by atoms with Crippen molar-refractivity contribution in [2.24, 2.45) is 5.92 Å². The van der Waals surface area contributed by atoms with Gasteiger partial charge < -0.3 is 4.74 Å². The smallest absolute Gasteiger partial charge is 0.0984 e. The van der Waals surface area contributed by atoms with E-state index in [-0.39, 0.29) is 5.60 Å². The van der Waals surface area contributed by atoms with Crippen molar-refractivity contribution in [3.8, 4) is 0 Å². The standard InChI is InChI=1S/C12H14O/c1-2-4-10(5-3-1)8-12(9-13-12)11-6-7-11/h1-5,11H,6-9H2. The molecule has 1 aromatic carbocycles. The highest BCUT2D eigenvalue weighted by Gasteiger charge is 2.55. The van der Waals surface area contributed by atoms with E-state index in [2.05, 4.69) is 30.3 Å². The van der Waals surface area contributed by atoms with Crippen molar-refractivity contribution < 1.29 is 4.74 Å². The molecule has 2 aliphatic rings. The lowest BCUT2D eigenvalue weighted by atomic mass is 9.96. The number of benzene rings is 1. The van der Waals surface area contributed by atoms with Crippen LogP contribution >= 0.6 is 0 Å². The summed E-state index contributed by atoms with van der Waals surface area (Å²) < 4.78 is 5.62. The Hall–Kier alpha value is -0.820. The van der Waals surface area contributed by atoms with Gasteiger partial charge in [-0.05, 0) is 24.3 Å². The number of hydrogen-bond acceptors (Lipinski definition) is 1. The Morgan fingerprint density at radius 3 is 2.46 bits per heavy atom. The van der Waals surface area contributed by atoms with Gasteiger partial charge in [-0.25, -0.2) is 0 Å². The van der Waals surface area contributed by atoms with Crippen LogP contribution in [0.25, 0.3) is 0 Å². The Kier molecular flexibility index (Phi) is 1.50. The quantitative estimate of drug-likeness (QED) is 0.641. The molecule has 0 bridgehead atoms. The third kappa shape index (κ3) is 1.37. The first-order valence-electron chi connectivity index (χ1n) is 5.07. The Morgan fingerprint density at radius 1 is 1.23 bits per heavy atom. The highest BCUT2D eigenvalue weighted by atomic mass is 16.6. The van der Waals surface area contributed by atoms with Crippen LogP contribution in [0.15, 0.2) is 30.3 Å². The Labute approximate surface area is 78.7 Å². The van der Waals surface area contributed by atoms with Crippen molar-refractivity contribution in [3.63, 3.8) is 0 Å². The van der Waals surface area contributed by atoms with Crippen molar-refractivity contribution >= 4 is 0 Å². The molecule has 0 radical (unpaired) electrons. The van der Waals surface area contributed by atoms with Crippen LogP contribution in [0, 0.1) is 5.92 Å². The molecular formula is C12H14O. The van der Waals surface area contributed by atoms with E-state index in [1.807, 2.05) is 0 Å². The molecule has 1 heteroatoms. The highest BCUT2D eigenvalue weighted by Crippen LogP contribution is 2.51. The van der Waals surface area contributed by atoms with Gasteiger partial charge in [0, 0.05) is 6.42 Å². The number of epoxide rings is 1. The van der Waals surface area contributed by atoms with E-state index in [1.54, 1.807) is 0 Å². The first kappa shape index (κ1) is 7.57. The summed E-state index contributed by atoms with van der Waals surface area (Å²) in [5.74, 6) is 0.868. The minimum atomic E-state index is 0.265. The van der Waals surface area contributed by atoms with E-state index in [9.17, 15) is 0 Å². The molecule has 1 aliphatic carbocycles. The summed E-state index contributed by atoms with van der Waals surface area (Å²) >= 11 is 0. The van der Waals surface area contributed by atoms with Crippen LogP contribution in [0.4, 0.5) is 0 Å². The first-order chi connectivity index (χ1) is 6.39. The molecule has 2 fully saturated rings. The zero-order valence-electron chi connectivity index (χ0n) is 7.70. The van der Waals surface area contributed by atoms with Gasteiger partial charge in [0.15, 0.2) is 0 Å². The maximum atomic E-state index is 5.62. The summed E-state index contributed by atoms with van der Waals surface area (Å²) in [5.41, 5.74) is 1.69. The lowest BCUT2D eigenvalue weighted by molar-refractivity contribution is 0.272. The summed E-state index contributed by atoms with van der Waals surface area (Å²) in [7, 11) is 0. The van der Waals surface area contributed by atoms with Crippen molar-refractivity contribution in [1.29, 1.82) is 0 Å². The van der Waals surface area contributed by atoms with E-state index >= 15 is 0 Å². The summed E-state index contributed by atoms with van der Waals surface area (Å²) in [6, 6.07) is 10.7. The molecule has 1 aromatic rings. The third-order valence-corrected chi connectivity index (χ3v) is 3.18. The molecule has 1 nitrogen and oxygen atoms in total. The van der Waals surface area contributed by atoms with Crippen LogP contribution in [0.5, 0.6) is 0 Å². The number of ether oxygens (including phenoxy) is 1. The van der Waals surface area contributed by atoms with Crippen LogP contribution in [0.1, 0.15) is 18.4 Å². The second-order valence-corrected chi connectivity index (χ2v) is 4.29. The van der Waals surface area contributed by atoms with Crippen LogP contribution in [-0.4, -0.2) is 12.2 Å². The molecule has 1 saturated carbocycles. The number of hydrogen-bond donors (Lipinski definition) is 0. The highest BCUT2D eigenvalue weighted by molar-refractivity contribution is 5.21. The second-order valence-electron chi connectivity index (χ2n) is 4.29. The maximum Gasteiger partial charge on any atom is 0.0984 e. The van der Waals surface area contributed by atoms with Gasteiger partial charge in [0.2, 0.25) is 0 Å². The molecule has 0 amide bonds. The first-order valence-corrected chi connectivity index (χ1v) is 5.07. The molecule has 1 heterocycles. The van der Waals surface area contributed by atoms with E-state index < -0.39 is 0 Å². The average molecular weight is 174 g/mol.